The second-order valence-electron chi connectivity index (χ2n) is 3.62. The number of aliphatic carboxylic acids is 1. The van der Waals surface area contributed by atoms with Crippen LogP contribution < -0.4 is 5.32 Å². The molecule has 0 fully saturated rings. The number of hydrogen-bond acceptors (Lipinski definition) is 3. The van der Waals surface area contributed by atoms with Crippen molar-refractivity contribution in [3.05, 3.63) is 39.9 Å². The maximum Gasteiger partial charge on any atom is 0.328 e. The number of carboxylic acid groups (broad SMARTS) is 1. The van der Waals surface area contributed by atoms with E-state index in [1.807, 2.05) is 0 Å². The average Bonchev–Trinajstić information content (AvgIpc) is 2.32. The molecule has 1 amide bonds. The zero-order valence-electron chi connectivity index (χ0n) is 9.64. The van der Waals surface area contributed by atoms with Crippen molar-refractivity contribution < 1.29 is 19.8 Å². The van der Waals surface area contributed by atoms with E-state index in [2.05, 4.69) is 5.32 Å². The van der Waals surface area contributed by atoms with E-state index >= 15 is 0 Å². The number of carbonyl (C=O) groups is 2. The van der Waals surface area contributed by atoms with Gasteiger partial charge in [0.25, 0.3) is 0 Å². The standard InChI is InChI=1S/C12H11Cl2NO4/c13-8-3-7(4-9(14)5-8)1-2-11(17)15-10(6-16)12(18)19/h1-5,10,16H,6H2,(H,15,17)(H,18,19)/b2-1+. The van der Waals surface area contributed by atoms with Crippen molar-refractivity contribution in [1.82, 2.24) is 5.32 Å². The number of aliphatic hydroxyl groups is 1. The summed E-state index contributed by atoms with van der Waals surface area (Å²) in [6.45, 7) is -0.683. The van der Waals surface area contributed by atoms with Gasteiger partial charge in [0, 0.05) is 16.1 Å². The highest BCUT2D eigenvalue weighted by Gasteiger charge is 2.16. The van der Waals surface area contributed by atoms with E-state index in [0.717, 1.165) is 6.08 Å². The number of nitrogens with one attached hydrogen (secondary N) is 1. The molecule has 0 aliphatic rings. The average molecular weight is 304 g/mol. The topological polar surface area (TPSA) is 86.6 Å². The summed E-state index contributed by atoms with van der Waals surface area (Å²) < 4.78 is 0. The second kappa shape index (κ2) is 7.13. The Morgan fingerprint density at radius 1 is 1.26 bits per heavy atom. The van der Waals surface area contributed by atoms with Crippen LogP contribution in [0.25, 0.3) is 6.08 Å². The van der Waals surface area contributed by atoms with Crippen molar-refractivity contribution in [3.8, 4) is 0 Å². The highest BCUT2D eigenvalue weighted by molar-refractivity contribution is 6.34. The molecule has 3 N–H and O–H groups in total. The normalized spacial score (nSPS) is 12.4. The van der Waals surface area contributed by atoms with Gasteiger partial charge in [-0.15, -0.1) is 0 Å². The highest BCUT2D eigenvalue weighted by atomic mass is 35.5. The summed E-state index contributed by atoms with van der Waals surface area (Å²) in [5.74, 6) is -1.95. The first-order valence-corrected chi connectivity index (χ1v) is 5.96. The molecule has 0 heterocycles. The molecule has 0 aliphatic heterocycles. The Morgan fingerprint density at radius 3 is 2.32 bits per heavy atom. The van der Waals surface area contributed by atoms with Crippen molar-refractivity contribution in [3.63, 3.8) is 0 Å². The number of aliphatic hydroxyl groups excluding tert-OH is 1. The third kappa shape index (κ3) is 5.30. The first-order chi connectivity index (χ1) is 8.92. The lowest BCUT2D eigenvalue weighted by atomic mass is 10.2. The fourth-order valence-electron chi connectivity index (χ4n) is 1.25. The van der Waals surface area contributed by atoms with Gasteiger partial charge in [0.1, 0.15) is 0 Å². The number of halogens is 2. The number of carboxylic acids is 1. The molecule has 1 rings (SSSR count). The van der Waals surface area contributed by atoms with Crippen LogP contribution >= 0.6 is 23.2 Å². The van der Waals surface area contributed by atoms with Crippen LogP contribution in [0.15, 0.2) is 24.3 Å². The van der Waals surface area contributed by atoms with Gasteiger partial charge in [-0.3, -0.25) is 4.79 Å². The zero-order valence-corrected chi connectivity index (χ0v) is 11.1. The molecule has 19 heavy (non-hydrogen) atoms. The maximum absolute atomic E-state index is 11.4. The van der Waals surface area contributed by atoms with Crippen LogP contribution in [-0.2, 0) is 9.59 Å². The molecule has 0 radical (unpaired) electrons. The summed E-state index contributed by atoms with van der Waals surface area (Å²) in [7, 11) is 0. The van der Waals surface area contributed by atoms with Gasteiger partial charge in [-0.25, -0.2) is 4.79 Å². The monoisotopic (exact) mass is 303 g/mol. The molecule has 0 saturated carbocycles. The van der Waals surface area contributed by atoms with Crippen LogP contribution in [-0.4, -0.2) is 34.7 Å². The van der Waals surface area contributed by atoms with Gasteiger partial charge in [-0.2, -0.15) is 0 Å². The summed E-state index contributed by atoms with van der Waals surface area (Å²) in [5.41, 5.74) is 0.600. The van der Waals surface area contributed by atoms with Crippen LogP contribution in [0.2, 0.25) is 10.0 Å². The van der Waals surface area contributed by atoms with E-state index in [0.29, 0.717) is 15.6 Å². The van der Waals surface area contributed by atoms with Crippen LogP contribution in [0.1, 0.15) is 5.56 Å². The molecule has 1 unspecified atom stereocenters. The number of benzene rings is 1. The van der Waals surface area contributed by atoms with Gasteiger partial charge in [-0.05, 0) is 29.8 Å². The molecule has 1 aromatic rings. The summed E-state index contributed by atoms with van der Waals surface area (Å²) in [6.07, 6.45) is 2.57. The van der Waals surface area contributed by atoms with E-state index in [-0.39, 0.29) is 0 Å². The fraction of sp³-hybridized carbons (Fsp3) is 0.167. The van der Waals surface area contributed by atoms with Crippen molar-refractivity contribution in [1.29, 1.82) is 0 Å². The second-order valence-corrected chi connectivity index (χ2v) is 4.49. The minimum absolute atomic E-state index is 0.423. The molecular formula is C12H11Cl2NO4. The van der Waals surface area contributed by atoms with E-state index in [4.69, 9.17) is 33.4 Å². The molecule has 1 aromatic carbocycles. The molecule has 0 aromatic heterocycles. The van der Waals surface area contributed by atoms with Gasteiger partial charge in [-0.1, -0.05) is 23.2 Å². The zero-order chi connectivity index (χ0) is 14.4. The molecule has 102 valence electrons. The Hall–Kier alpha value is -1.56. The maximum atomic E-state index is 11.4. The van der Waals surface area contributed by atoms with Crippen LogP contribution in [0.3, 0.4) is 0 Å². The Balaban J connectivity index is 2.70. The van der Waals surface area contributed by atoms with Crippen molar-refractivity contribution in [2.45, 2.75) is 6.04 Å². The lowest BCUT2D eigenvalue weighted by molar-refractivity contribution is -0.142. The first-order valence-electron chi connectivity index (χ1n) is 5.20. The van der Waals surface area contributed by atoms with Crippen molar-refractivity contribution in [2.75, 3.05) is 6.61 Å². The van der Waals surface area contributed by atoms with Gasteiger partial charge in [0.2, 0.25) is 5.91 Å². The largest absolute Gasteiger partial charge is 0.480 e. The van der Waals surface area contributed by atoms with Crippen LogP contribution in [0.4, 0.5) is 0 Å². The molecule has 5 nitrogen and oxygen atoms in total. The van der Waals surface area contributed by atoms with Gasteiger partial charge in [0.15, 0.2) is 6.04 Å². The summed E-state index contributed by atoms with van der Waals surface area (Å²) in [6, 6.07) is 3.41. The van der Waals surface area contributed by atoms with Crippen LogP contribution in [0.5, 0.6) is 0 Å². The SMILES string of the molecule is O=C(/C=C/c1cc(Cl)cc(Cl)c1)NC(CO)C(=O)O. The number of carbonyl (C=O) groups excluding carboxylic acids is 1. The van der Waals surface area contributed by atoms with Gasteiger partial charge in [0.05, 0.1) is 6.61 Å². The predicted molar refractivity (Wildman–Crippen MR) is 72.1 cm³/mol. The highest BCUT2D eigenvalue weighted by Crippen LogP contribution is 2.19. The lowest BCUT2D eigenvalue weighted by Crippen LogP contribution is -2.42. The predicted octanol–water partition coefficient (Wildman–Crippen LogP) is 1.57. The third-order valence-electron chi connectivity index (χ3n) is 2.11. The third-order valence-corrected chi connectivity index (χ3v) is 2.55. The molecule has 7 heteroatoms. The smallest absolute Gasteiger partial charge is 0.328 e. The fourth-order valence-corrected chi connectivity index (χ4v) is 1.79. The van der Waals surface area contributed by atoms with E-state index < -0.39 is 24.5 Å². The number of hydrogen-bond donors (Lipinski definition) is 3. The van der Waals surface area contributed by atoms with E-state index in [1.165, 1.54) is 6.08 Å². The van der Waals surface area contributed by atoms with Gasteiger partial charge >= 0.3 is 5.97 Å². The van der Waals surface area contributed by atoms with Crippen molar-refractivity contribution in [2.24, 2.45) is 0 Å². The Morgan fingerprint density at radius 2 is 1.84 bits per heavy atom. The molecule has 0 spiro atoms. The summed E-state index contributed by atoms with van der Waals surface area (Å²) in [5, 5.41) is 20.4. The summed E-state index contributed by atoms with van der Waals surface area (Å²) in [4.78, 5) is 22.0. The lowest BCUT2D eigenvalue weighted by Gasteiger charge is -2.09. The van der Waals surface area contributed by atoms with Gasteiger partial charge < -0.3 is 15.5 Å². The van der Waals surface area contributed by atoms with E-state index in [9.17, 15) is 9.59 Å². The molecule has 1 atom stereocenters. The molecule has 0 bridgehead atoms. The quantitative estimate of drug-likeness (QED) is 0.721. The number of amides is 1. The summed E-state index contributed by atoms with van der Waals surface area (Å²) >= 11 is 11.6. The Labute approximate surface area is 119 Å². The minimum atomic E-state index is -1.33. The Bertz CT molecular complexity index is 496. The molecular weight excluding hydrogens is 293 g/mol. The van der Waals surface area contributed by atoms with Crippen LogP contribution in [0, 0.1) is 0 Å². The minimum Gasteiger partial charge on any atom is -0.480 e. The van der Waals surface area contributed by atoms with E-state index in [1.54, 1.807) is 18.2 Å². The van der Waals surface area contributed by atoms with Crippen molar-refractivity contribution >= 4 is 41.2 Å². The number of rotatable bonds is 5. The molecule has 0 aliphatic carbocycles. The first kappa shape index (κ1) is 15.5. The Kier molecular flexibility index (Phi) is 5.82. The molecule has 0 saturated heterocycles.